The van der Waals surface area contributed by atoms with Gasteiger partial charge in [0.1, 0.15) is 6.29 Å². The summed E-state index contributed by atoms with van der Waals surface area (Å²) in [6, 6.07) is 2.13. The van der Waals surface area contributed by atoms with E-state index in [0.29, 0.717) is 18.4 Å². The lowest BCUT2D eigenvalue weighted by Gasteiger charge is -2.37. The Balaban J connectivity index is 2.53. The first-order valence-electron chi connectivity index (χ1n) is 6.28. The highest BCUT2D eigenvalue weighted by atomic mass is 19.2. The van der Waals surface area contributed by atoms with Crippen LogP contribution in [0.4, 0.5) is 8.78 Å². The Morgan fingerprint density at radius 3 is 2.33 bits per heavy atom. The summed E-state index contributed by atoms with van der Waals surface area (Å²) < 4.78 is 26.6. The molecule has 1 fully saturated rings. The van der Waals surface area contributed by atoms with E-state index < -0.39 is 11.6 Å². The zero-order valence-corrected chi connectivity index (χ0v) is 10.2. The zero-order chi connectivity index (χ0) is 13.2. The van der Waals surface area contributed by atoms with E-state index in [-0.39, 0.29) is 11.0 Å². The summed E-state index contributed by atoms with van der Waals surface area (Å²) in [5.74, 6) is -1.89. The minimum atomic E-state index is -0.983. The molecule has 1 aliphatic rings. The average Bonchev–Trinajstić information content (AvgIpc) is 2.42. The van der Waals surface area contributed by atoms with Crippen molar-refractivity contribution in [2.75, 3.05) is 6.54 Å². The molecule has 1 aromatic carbocycles. The van der Waals surface area contributed by atoms with E-state index in [1.54, 1.807) is 0 Å². The van der Waals surface area contributed by atoms with Crippen molar-refractivity contribution >= 4 is 6.29 Å². The lowest BCUT2D eigenvalue weighted by atomic mass is 9.68. The number of carbonyl (C=O) groups excluding carboxylic acids is 1. The van der Waals surface area contributed by atoms with Gasteiger partial charge in [-0.1, -0.05) is 19.3 Å². The molecule has 0 heterocycles. The topological polar surface area (TPSA) is 43.1 Å². The number of hydrogen-bond acceptors (Lipinski definition) is 2. The molecule has 0 aliphatic heterocycles. The van der Waals surface area contributed by atoms with E-state index in [1.807, 2.05) is 0 Å². The predicted molar refractivity (Wildman–Crippen MR) is 65.6 cm³/mol. The van der Waals surface area contributed by atoms with E-state index in [1.165, 1.54) is 0 Å². The smallest absolute Gasteiger partial charge is 0.159 e. The van der Waals surface area contributed by atoms with Crippen molar-refractivity contribution in [1.82, 2.24) is 0 Å². The Morgan fingerprint density at radius 2 is 1.78 bits per heavy atom. The fraction of sp³-hybridized carbons (Fsp3) is 0.500. The summed E-state index contributed by atoms with van der Waals surface area (Å²) in [6.07, 6.45) is 5.39. The van der Waals surface area contributed by atoms with E-state index in [0.717, 1.165) is 44.2 Å². The van der Waals surface area contributed by atoms with Crippen molar-refractivity contribution in [2.24, 2.45) is 5.73 Å². The van der Waals surface area contributed by atoms with Crippen molar-refractivity contribution in [2.45, 2.75) is 37.5 Å². The standard InChI is InChI=1S/C14H17F2NO/c15-12-6-10(8-18)11(7-13(12)16)14(9-17)4-2-1-3-5-14/h6-8H,1-5,9,17H2. The van der Waals surface area contributed by atoms with Crippen LogP contribution in [-0.2, 0) is 5.41 Å². The molecule has 0 atom stereocenters. The molecule has 1 aromatic rings. The van der Waals surface area contributed by atoms with Crippen LogP contribution < -0.4 is 5.73 Å². The largest absolute Gasteiger partial charge is 0.330 e. The van der Waals surface area contributed by atoms with Gasteiger partial charge in [0.25, 0.3) is 0 Å². The van der Waals surface area contributed by atoms with E-state index in [9.17, 15) is 13.6 Å². The Labute approximate surface area is 105 Å². The first-order chi connectivity index (χ1) is 8.63. The molecule has 1 saturated carbocycles. The maximum atomic E-state index is 13.4. The van der Waals surface area contributed by atoms with Crippen LogP contribution in [0.15, 0.2) is 12.1 Å². The Kier molecular flexibility index (Phi) is 3.76. The third kappa shape index (κ3) is 2.17. The molecule has 98 valence electrons. The number of benzene rings is 1. The van der Waals surface area contributed by atoms with Gasteiger partial charge in [-0.25, -0.2) is 8.78 Å². The van der Waals surface area contributed by atoms with Gasteiger partial charge in [-0.15, -0.1) is 0 Å². The summed E-state index contributed by atoms with van der Waals surface area (Å²) in [7, 11) is 0. The molecule has 0 spiro atoms. The van der Waals surface area contributed by atoms with Crippen LogP contribution in [-0.4, -0.2) is 12.8 Å². The molecule has 0 saturated heterocycles. The summed E-state index contributed by atoms with van der Waals surface area (Å²) >= 11 is 0. The van der Waals surface area contributed by atoms with Gasteiger partial charge >= 0.3 is 0 Å². The molecule has 2 N–H and O–H groups in total. The first kappa shape index (κ1) is 13.1. The molecule has 0 unspecified atom stereocenters. The highest BCUT2D eigenvalue weighted by Gasteiger charge is 2.35. The highest BCUT2D eigenvalue weighted by Crippen LogP contribution is 2.40. The Bertz CT molecular complexity index is 453. The maximum absolute atomic E-state index is 13.4. The molecule has 0 amide bonds. The van der Waals surface area contributed by atoms with E-state index >= 15 is 0 Å². The van der Waals surface area contributed by atoms with Gasteiger partial charge in [0.15, 0.2) is 11.6 Å². The molecule has 18 heavy (non-hydrogen) atoms. The lowest BCUT2D eigenvalue weighted by Crippen LogP contribution is -2.38. The number of hydrogen-bond donors (Lipinski definition) is 1. The van der Waals surface area contributed by atoms with Crippen LogP contribution in [0.5, 0.6) is 0 Å². The number of halogens is 2. The van der Waals surface area contributed by atoms with Crippen molar-refractivity contribution in [3.05, 3.63) is 34.9 Å². The molecule has 1 aliphatic carbocycles. The van der Waals surface area contributed by atoms with Crippen LogP contribution in [0.3, 0.4) is 0 Å². The third-order valence-corrected chi connectivity index (χ3v) is 3.99. The van der Waals surface area contributed by atoms with Gasteiger partial charge < -0.3 is 5.73 Å². The van der Waals surface area contributed by atoms with Gasteiger partial charge in [-0.3, -0.25) is 4.79 Å². The summed E-state index contributed by atoms with van der Waals surface area (Å²) in [5, 5.41) is 0. The summed E-state index contributed by atoms with van der Waals surface area (Å²) in [5.41, 5.74) is 6.27. The fourth-order valence-electron chi connectivity index (χ4n) is 2.93. The van der Waals surface area contributed by atoms with E-state index in [4.69, 9.17) is 5.73 Å². The summed E-state index contributed by atoms with van der Waals surface area (Å²) in [4.78, 5) is 11.1. The molecule has 0 radical (unpaired) electrons. The van der Waals surface area contributed by atoms with Gasteiger partial charge in [0.2, 0.25) is 0 Å². The maximum Gasteiger partial charge on any atom is 0.159 e. The second-order valence-electron chi connectivity index (χ2n) is 5.02. The zero-order valence-electron chi connectivity index (χ0n) is 10.2. The van der Waals surface area contributed by atoms with Gasteiger partial charge in [0.05, 0.1) is 0 Å². The number of rotatable bonds is 3. The minimum Gasteiger partial charge on any atom is -0.330 e. The van der Waals surface area contributed by atoms with Crippen LogP contribution in [0.2, 0.25) is 0 Å². The SMILES string of the molecule is NCC1(c2cc(F)c(F)cc2C=O)CCCCC1. The molecular formula is C14H17F2NO. The lowest BCUT2D eigenvalue weighted by molar-refractivity contribution is 0.111. The first-order valence-corrected chi connectivity index (χ1v) is 6.28. The highest BCUT2D eigenvalue weighted by molar-refractivity contribution is 5.78. The van der Waals surface area contributed by atoms with Crippen LogP contribution in [0.1, 0.15) is 48.0 Å². The normalized spacial score (nSPS) is 18.6. The summed E-state index contributed by atoms with van der Waals surface area (Å²) in [6.45, 7) is 0.360. The van der Waals surface area contributed by atoms with Gasteiger partial charge in [0, 0.05) is 17.5 Å². The minimum absolute atomic E-state index is 0.223. The Hall–Kier alpha value is -1.29. The third-order valence-electron chi connectivity index (χ3n) is 3.99. The molecule has 0 aromatic heterocycles. The van der Waals surface area contributed by atoms with Crippen LogP contribution >= 0.6 is 0 Å². The average molecular weight is 253 g/mol. The predicted octanol–water partition coefficient (Wildman–Crippen LogP) is 2.94. The second-order valence-corrected chi connectivity index (χ2v) is 5.02. The molecule has 2 rings (SSSR count). The van der Waals surface area contributed by atoms with Crippen molar-refractivity contribution in [1.29, 1.82) is 0 Å². The van der Waals surface area contributed by atoms with Crippen molar-refractivity contribution in [3.8, 4) is 0 Å². The van der Waals surface area contributed by atoms with Crippen molar-refractivity contribution < 1.29 is 13.6 Å². The molecule has 0 bridgehead atoms. The monoisotopic (exact) mass is 253 g/mol. The molecule has 2 nitrogen and oxygen atoms in total. The number of aldehydes is 1. The molecular weight excluding hydrogens is 236 g/mol. The Morgan fingerprint density at radius 1 is 1.17 bits per heavy atom. The van der Waals surface area contributed by atoms with Crippen molar-refractivity contribution in [3.63, 3.8) is 0 Å². The van der Waals surface area contributed by atoms with Gasteiger partial charge in [-0.2, -0.15) is 0 Å². The quantitative estimate of drug-likeness (QED) is 0.842. The molecule has 4 heteroatoms. The van der Waals surface area contributed by atoms with Crippen LogP contribution in [0.25, 0.3) is 0 Å². The van der Waals surface area contributed by atoms with Crippen LogP contribution in [0, 0.1) is 11.6 Å². The number of carbonyl (C=O) groups is 1. The second kappa shape index (κ2) is 5.14. The van der Waals surface area contributed by atoms with Gasteiger partial charge in [-0.05, 0) is 30.5 Å². The van der Waals surface area contributed by atoms with E-state index in [2.05, 4.69) is 0 Å². The fourth-order valence-corrected chi connectivity index (χ4v) is 2.93. The number of nitrogens with two attached hydrogens (primary N) is 1.